The quantitative estimate of drug-likeness (QED) is 0.766. The lowest BCUT2D eigenvalue weighted by Crippen LogP contribution is -2.50. The van der Waals surface area contributed by atoms with Gasteiger partial charge in [0.2, 0.25) is 0 Å². The minimum Gasteiger partial charge on any atom is -0.358 e. The van der Waals surface area contributed by atoms with Gasteiger partial charge < -0.3 is 4.90 Å². The molecule has 2 unspecified atom stereocenters. The lowest BCUT2D eigenvalue weighted by atomic mass is 9.92. The van der Waals surface area contributed by atoms with E-state index in [2.05, 4.69) is 64.4 Å². The van der Waals surface area contributed by atoms with E-state index in [1.54, 1.807) is 0 Å². The largest absolute Gasteiger partial charge is 0.358 e. The third-order valence-corrected chi connectivity index (χ3v) is 4.28. The monoisotopic (exact) mass is 250 g/mol. The van der Waals surface area contributed by atoms with Crippen LogP contribution in [0.25, 0.3) is 0 Å². The number of anilines is 1. The average Bonchev–Trinajstić information content (AvgIpc) is 2.49. The first-order valence-electron chi connectivity index (χ1n) is 7.06. The topological polar surface area (TPSA) is 6.48 Å². The molecular weight excluding hydrogens is 232 g/mol. The molecule has 1 fully saturated rings. The Morgan fingerprint density at radius 1 is 0.842 bits per heavy atom. The van der Waals surface area contributed by atoms with Crippen LogP contribution in [0.3, 0.4) is 0 Å². The molecule has 0 radical (unpaired) electrons. The summed E-state index contributed by atoms with van der Waals surface area (Å²) in [6, 6.07) is 20.2. The molecule has 2 aromatic rings. The number of nitrogens with zero attached hydrogens (tertiary/aromatic N) is 2. The molecule has 96 valence electrons. The molecule has 0 aromatic heterocycles. The van der Waals surface area contributed by atoms with Crippen molar-refractivity contribution in [2.24, 2.45) is 0 Å². The summed E-state index contributed by atoms with van der Waals surface area (Å²) in [4.78, 5) is 5.11. The van der Waals surface area contributed by atoms with Gasteiger partial charge in [0.25, 0.3) is 0 Å². The summed E-state index contributed by atoms with van der Waals surface area (Å²) < 4.78 is 0. The highest BCUT2D eigenvalue weighted by Gasteiger charge is 2.34. The number of rotatable bonds is 1. The molecular formula is C17H18N2. The summed E-state index contributed by atoms with van der Waals surface area (Å²) >= 11 is 0. The summed E-state index contributed by atoms with van der Waals surface area (Å²) in [5, 5.41) is 0. The molecule has 0 saturated carbocycles. The maximum absolute atomic E-state index is 2.60. The molecule has 0 amide bonds. The summed E-state index contributed by atoms with van der Waals surface area (Å²) in [5.74, 6) is 0. The third kappa shape index (κ3) is 1.75. The fraction of sp³-hybridized carbons (Fsp3) is 0.294. The number of hydrogen-bond acceptors (Lipinski definition) is 2. The van der Waals surface area contributed by atoms with Crippen molar-refractivity contribution in [2.45, 2.75) is 12.5 Å². The molecule has 19 heavy (non-hydrogen) atoms. The van der Waals surface area contributed by atoms with Crippen LogP contribution in [0.2, 0.25) is 0 Å². The Morgan fingerprint density at radius 3 is 2.53 bits per heavy atom. The summed E-state index contributed by atoms with van der Waals surface area (Å²) in [5.41, 5.74) is 4.29. The second-order valence-electron chi connectivity index (χ2n) is 5.44. The van der Waals surface area contributed by atoms with Gasteiger partial charge in [-0.25, -0.2) is 0 Å². The molecule has 2 heterocycles. The van der Waals surface area contributed by atoms with Crippen LogP contribution in [0.15, 0.2) is 54.6 Å². The van der Waals surface area contributed by atoms with Gasteiger partial charge in [-0.1, -0.05) is 48.5 Å². The van der Waals surface area contributed by atoms with E-state index in [1.807, 2.05) is 0 Å². The van der Waals surface area contributed by atoms with Gasteiger partial charge in [-0.3, -0.25) is 4.90 Å². The molecule has 0 N–H and O–H groups in total. The van der Waals surface area contributed by atoms with Gasteiger partial charge in [0, 0.05) is 18.8 Å². The molecule has 1 saturated heterocycles. The van der Waals surface area contributed by atoms with Crippen LogP contribution in [-0.2, 0) is 0 Å². The van der Waals surface area contributed by atoms with Crippen LogP contribution in [0, 0.1) is 0 Å². The molecule has 2 nitrogen and oxygen atoms in total. The highest BCUT2D eigenvalue weighted by atomic mass is 15.4. The zero-order chi connectivity index (χ0) is 12.7. The highest BCUT2D eigenvalue weighted by Crippen LogP contribution is 2.40. The van der Waals surface area contributed by atoms with Crippen molar-refractivity contribution in [3.8, 4) is 0 Å². The Morgan fingerprint density at radius 2 is 1.63 bits per heavy atom. The summed E-state index contributed by atoms with van der Waals surface area (Å²) in [6.45, 7) is 3.45. The van der Waals surface area contributed by atoms with E-state index in [9.17, 15) is 0 Å². The van der Waals surface area contributed by atoms with Crippen molar-refractivity contribution in [1.29, 1.82) is 0 Å². The van der Waals surface area contributed by atoms with E-state index in [0.29, 0.717) is 6.04 Å². The smallest absolute Gasteiger partial charge is 0.0714 e. The molecule has 0 aliphatic carbocycles. The fourth-order valence-electron chi connectivity index (χ4n) is 3.46. The Hall–Kier alpha value is -1.80. The predicted octanol–water partition coefficient (Wildman–Crippen LogP) is 3.26. The van der Waals surface area contributed by atoms with E-state index in [-0.39, 0.29) is 0 Å². The molecule has 4 rings (SSSR count). The van der Waals surface area contributed by atoms with Crippen LogP contribution in [0.5, 0.6) is 0 Å². The standard InChI is InChI=1S/C17H18N2/c1-2-7-14(8-3-1)17-15-9-4-5-10-16(15)18-11-6-12-19(17)13-18/h1-5,7-10,17H,6,11-13H2. The molecule has 2 heteroatoms. The van der Waals surface area contributed by atoms with Crippen molar-refractivity contribution in [3.63, 3.8) is 0 Å². The first kappa shape index (κ1) is 11.1. The van der Waals surface area contributed by atoms with Gasteiger partial charge in [0.1, 0.15) is 0 Å². The SMILES string of the molecule is c1ccc(C2c3ccccc3N3CCCN2C3)cc1. The normalized spacial score (nSPS) is 24.9. The van der Waals surface area contributed by atoms with Crippen molar-refractivity contribution in [1.82, 2.24) is 4.90 Å². The van der Waals surface area contributed by atoms with Gasteiger partial charge in [-0.2, -0.15) is 0 Å². The van der Waals surface area contributed by atoms with Gasteiger partial charge in [0.15, 0.2) is 0 Å². The van der Waals surface area contributed by atoms with Crippen molar-refractivity contribution >= 4 is 5.69 Å². The zero-order valence-corrected chi connectivity index (χ0v) is 11.0. The number of benzene rings is 2. The average molecular weight is 250 g/mol. The van der Waals surface area contributed by atoms with Crippen LogP contribution in [0.1, 0.15) is 23.6 Å². The van der Waals surface area contributed by atoms with Gasteiger partial charge >= 0.3 is 0 Å². The van der Waals surface area contributed by atoms with Crippen LogP contribution in [0.4, 0.5) is 5.69 Å². The lowest BCUT2D eigenvalue weighted by molar-refractivity contribution is 0.184. The highest BCUT2D eigenvalue weighted by molar-refractivity contribution is 5.59. The Labute approximate surface area is 114 Å². The number of hydrogen-bond donors (Lipinski definition) is 0. The van der Waals surface area contributed by atoms with Crippen molar-refractivity contribution < 1.29 is 0 Å². The predicted molar refractivity (Wildman–Crippen MR) is 78.3 cm³/mol. The molecule has 2 bridgehead atoms. The Bertz CT molecular complexity index is 579. The third-order valence-electron chi connectivity index (χ3n) is 4.28. The van der Waals surface area contributed by atoms with Crippen molar-refractivity contribution in [2.75, 3.05) is 24.7 Å². The fourth-order valence-corrected chi connectivity index (χ4v) is 3.46. The zero-order valence-electron chi connectivity index (χ0n) is 11.0. The van der Waals surface area contributed by atoms with E-state index >= 15 is 0 Å². The maximum Gasteiger partial charge on any atom is 0.0714 e. The van der Waals surface area contributed by atoms with Crippen molar-refractivity contribution in [3.05, 3.63) is 65.7 Å². The minimum absolute atomic E-state index is 0.425. The second kappa shape index (κ2) is 4.39. The minimum atomic E-state index is 0.425. The van der Waals surface area contributed by atoms with Gasteiger partial charge in [0.05, 0.1) is 12.7 Å². The van der Waals surface area contributed by atoms with E-state index in [0.717, 1.165) is 6.67 Å². The number of fused-ring (bicyclic) bond motifs is 4. The molecule has 2 aliphatic rings. The second-order valence-corrected chi connectivity index (χ2v) is 5.44. The Balaban J connectivity index is 1.87. The molecule has 0 spiro atoms. The van der Waals surface area contributed by atoms with E-state index < -0.39 is 0 Å². The molecule has 2 aliphatic heterocycles. The van der Waals surface area contributed by atoms with Crippen LogP contribution >= 0.6 is 0 Å². The van der Waals surface area contributed by atoms with Crippen LogP contribution < -0.4 is 4.90 Å². The van der Waals surface area contributed by atoms with Gasteiger partial charge in [-0.05, 0) is 23.6 Å². The summed E-state index contributed by atoms with van der Waals surface area (Å²) in [7, 11) is 0. The van der Waals surface area contributed by atoms with Crippen LogP contribution in [-0.4, -0.2) is 24.7 Å². The first-order valence-corrected chi connectivity index (χ1v) is 7.06. The maximum atomic E-state index is 2.60. The summed E-state index contributed by atoms with van der Waals surface area (Å²) in [6.07, 6.45) is 1.26. The molecule has 2 aromatic carbocycles. The number of para-hydroxylation sites is 1. The van der Waals surface area contributed by atoms with E-state index in [1.165, 1.54) is 36.3 Å². The lowest BCUT2D eigenvalue weighted by Gasteiger charge is -2.47. The molecule has 2 atom stereocenters. The van der Waals surface area contributed by atoms with Gasteiger partial charge in [-0.15, -0.1) is 0 Å². The van der Waals surface area contributed by atoms with E-state index in [4.69, 9.17) is 0 Å². The Kier molecular flexibility index (Phi) is 2.56. The first-order chi connectivity index (χ1) is 9.43.